The third-order valence-corrected chi connectivity index (χ3v) is 4.42. The van der Waals surface area contributed by atoms with Gasteiger partial charge in [0.25, 0.3) is 0 Å². The first-order chi connectivity index (χ1) is 9.33. The van der Waals surface area contributed by atoms with Gasteiger partial charge in [0.15, 0.2) is 0 Å². The average molecular weight is 299 g/mol. The molecule has 1 aromatic rings. The second kappa shape index (κ2) is 7.35. The Kier molecular flexibility index (Phi) is 6.09. The normalized spacial score (nSPS) is 13.2. The van der Waals surface area contributed by atoms with Gasteiger partial charge in [0.1, 0.15) is 4.90 Å². The molecule has 1 aromatic heterocycles. The lowest BCUT2D eigenvalue weighted by Gasteiger charge is -2.17. The van der Waals surface area contributed by atoms with Crippen LogP contribution in [0.3, 0.4) is 0 Å². The van der Waals surface area contributed by atoms with E-state index in [9.17, 15) is 13.2 Å². The minimum atomic E-state index is -3.59. The van der Waals surface area contributed by atoms with Crippen molar-refractivity contribution in [3.8, 4) is 0 Å². The molecule has 0 aliphatic heterocycles. The fourth-order valence-corrected chi connectivity index (χ4v) is 2.38. The van der Waals surface area contributed by atoms with E-state index in [2.05, 4.69) is 15.0 Å². The number of carbonyl (C=O) groups is 1. The molecular weight excluding hydrogens is 278 g/mol. The molecule has 0 aromatic carbocycles. The highest BCUT2D eigenvalue weighted by molar-refractivity contribution is 7.89. The van der Waals surface area contributed by atoms with Crippen LogP contribution in [0.2, 0.25) is 0 Å². The van der Waals surface area contributed by atoms with Gasteiger partial charge in [-0.05, 0) is 25.0 Å². The SMILES string of the molecule is CC(C)C(C)NC(=O)CCNS(=O)(=O)c1cccnc1. The van der Waals surface area contributed by atoms with E-state index in [1.54, 1.807) is 6.07 Å². The van der Waals surface area contributed by atoms with Crippen LogP contribution in [0.4, 0.5) is 0 Å². The van der Waals surface area contributed by atoms with Gasteiger partial charge >= 0.3 is 0 Å². The summed E-state index contributed by atoms with van der Waals surface area (Å²) in [5, 5.41) is 2.82. The molecule has 0 spiro atoms. The van der Waals surface area contributed by atoms with Gasteiger partial charge in [0, 0.05) is 31.4 Å². The van der Waals surface area contributed by atoms with Gasteiger partial charge < -0.3 is 5.32 Å². The Morgan fingerprint density at radius 1 is 1.35 bits per heavy atom. The first-order valence-corrected chi connectivity index (χ1v) is 8.00. The predicted octanol–water partition coefficient (Wildman–Crippen LogP) is 0.911. The van der Waals surface area contributed by atoms with E-state index in [-0.39, 0.29) is 29.8 Å². The minimum absolute atomic E-state index is 0.0634. The molecule has 1 atom stereocenters. The topological polar surface area (TPSA) is 88.2 Å². The van der Waals surface area contributed by atoms with Crippen molar-refractivity contribution in [1.29, 1.82) is 0 Å². The molecule has 1 unspecified atom stereocenters. The number of aromatic nitrogens is 1. The van der Waals surface area contributed by atoms with Gasteiger partial charge in [0.2, 0.25) is 15.9 Å². The van der Waals surface area contributed by atoms with Gasteiger partial charge in [-0.25, -0.2) is 13.1 Å². The monoisotopic (exact) mass is 299 g/mol. The molecule has 112 valence electrons. The number of amides is 1. The molecule has 0 saturated carbocycles. The van der Waals surface area contributed by atoms with Crippen LogP contribution in [0.25, 0.3) is 0 Å². The molecule has 0 bridgehead atoms. The van der Waals surface area contributed by atoms with Crippen LogP contribution in [-0.2, 0) is 14.8 Å². The van der Waals surface area contributed by atoms with Crippen LogP contribution in [0, 0.1) is 5.92 Å². The van der Waals surface area contributed by atoms with Crippen molar-refractivity contribution in [3.63, 3.8) is 0 Å². The molecule has 0 saturated heterocycles. The first kappa shape index (κ1) is 16.6. The number of nitrogens with zero attached hydrogens (tertiary/aromatic N) is 1. The number of hydrogen-bond donors (Lipinski definition) is 2. The Bertz CT molecular complexity index is 529. The molecular formula is C13H21N3O3S. The van der Waals surface area contributed by atoms with E-state index in [0.29, 0.717) is 5.92 Å². The highest BCUT2D eigenvalue weighted by Crippen LogP contribution is 2.05. The summed E-state index contributed by atoms with van der Waals surface area (Å²) in [7, 11) is -3.59. The molecule has 20 heavy (non-hydrogen) atoms. The van der Waals surface area contributed by atoms with Gasteiger partial charge in [-0.3, -0.25) is 9.78 Å². The van der Waals surface area contributed by atoms with E-state index in [4.69, 9.17) is 0 Å². The Morgan fingerprint density at radius 2 is 2.05 bits per heavy atom. The summed E-state index contributed by atoms with van der Waals surface area (Å²) in [6, 6.07) is 3.07. The molecule has 0 aliphatic carbocycles. The minimum Gasteiger partial charge on any atom is -0.353 e. The Hall–Kier alpha value is -1.47. The summed E-state index contributed by atoms with van der Waals surface area (Å²) in [6.07, 6.45) is 2.87. The van der Waals surface area contributed by atoms with E-state index in [1.807, 2.05) is 20.8 Å². The lowest BCUT2D eigenvalue weighted by molar-refractivity contribution is -0.121. The number of sulfonamides is 1. The zero-order valence-electron chi connectivity index (χ0n) is 12.0. The van der Waals surface area contributed by atoms with E-state index < -0.39 is 10.0 Å². The molecule has 2 N–H and O–H groups in total. The number of nitrogens with one attached hydrogen (secondary N) is 2. The Balaban J connectivity index is 2.43. The van der Waals surface area contributed by atoms with Crippen molar-refractivity contribution < 1.29 is 13.2 Å². The average Bonchev–Trinajstić information content (AvgIpc) is 2.39. The third-order valence-electron chi connectivity index (χ3n) is 2.98. The number of rotatable bonds is 7. The van der Waals surface area contributed by atoms with Crippen molar-refractivity contribution in [2.24, 2.45) is 5.92 Å². The summed E-state index contributed by atoms with van der Waals surface area (Å²) in [5.74, 6) is 0.172. The van der Waals surface area contributed by atoms with Crippen LogP contribution in [0.5, 0.6) is 0 Å². The van der Waals surface area contributed by atoms with E-state index >= 15 is 0 Å². The van der Waals surface area contributed by atoms with Crippen molar-refractivity contribution in [2.45, 2.75) is 38.1 Å². The van der Waals surface area contributed by atoms with Crippen molar-refractivity contribution in [1.82, 2.24) is 15.0 Å². The third kappa shape index (κ3) is 5.26. The molecule has 0 aliphatic rings. The van der Waals surface area contributed by atoms with Gasteiger partial charge in [-0.1, -0.05) is 13.8 Å². The highest BCUT2D eigenvalue weighted by atomic mass is 32.2. The largest absolute Gasteiger partial charge is 0.353 e. The number of hydrogen-bond acceptors (Lipinski definition) is 4. The quantitative estimate of drug-likeness (QED) is 0.783. The summed E-state index contributed by atoms with van der Waals surface area (Å²) in [4.78, 5) is 15.5. The zero-order chi connectivity index (χ0) is 15.2. The van der Waals surface area contributed by atoms with Crippen molar-refractivity contribution in [2.75, 3.05) is 6.54 Å². The number of carbonyl (C=O) groups excluding carboxylic acids is 1. The lowest BCUT2D eigenvalue weighted by atomic mass is 10.1. The molecule has 0 radical (unpaired) electrons. The van der Waals surface area contributed by atoms with Gasteiger partial charge in [-0.2, -0.15) is 0 Å². The lowest BCUT2D eigenvalue weighted by Crippen LogP contribution is -2.38. The zero-order valence-corrected chi connectivity index (χ0v) is 12.8. The molecule has 1 amide bonds. The van der Waals surface area contributed by atoms with Crippen LogP contribution in [0.1, 0.15) is 27.2 Å². The molecule has 7 heteroatoms. The summed E-state index contributed by atoms with van der Waals surface area (Å²) >= 11 is 0. The number of pyridine rings is 1. The summed E-state index contributed by atoms with van der Waals surface area (Å²) in [6.45, 7) is 6.00. The van der Waals surface area contributed by atoms with Gasteiger partial charge in [0.05, 0.1) is 0 Å². The van der Waals surface area contributed by atoms with E-state index in [1.165, 1.54) is 18.5 Å². The maximum absolute atomic E-state index is 11.9. The highest BCUT2D eigenvalue weighted by Gasteiger charge is 2.15. The standard InChI is InChI=1S/C13H21N3O3S/c1-10(2)11(3)16-13(17)6-8-15-20(18,19)12-5-4-7-14-9-12/h4-5,7,9-11,15H,6,8H2,1-3H3,(H,16,17). The molecule has 6 nitrogen and oxygen atoms in total. The van der Waals surface area contributed by atoms with Crippen LogP contribution < -0.4 is 10.0 Å². The predicted molar refractivity (Wildman–Crippen MR) is 76.5 cm³/mol. The smallest absolute Gasteiger partial charge is 0.242 e. The van der Waals surface area contributed by atoms with E-state index in [0.717, 1.165) is 0 Å². The Labute approximate surface area is 120 Å². The van der Waals surface area contributed by atoms with Crippen LogP contribution in [-0.4, -0.2) is 31.9 Å². The summed E-state index contributed by atoms with van der Waals surface area (Å²) in [5.41, 5.74) is 0. The molecule has 0 fully saturated rings. The van der Waals surface area contributed by atoms with Crippen molar-refractivity contribution in [3.05, 3.63) is 24.5 Å². The molecule has 1 heterocycles. The van der Waals surface area contributed by atoms with Crippen LogP contribution >= 0.6 is 0 Å². The summed E-state index contributed by atoms with van der Waals surface area (Å²) < 4.78 is 26.1. The second-order valence-electron chi connectivity index (χ2n) is 4.94. The van der Waals surface area contributed by atoms with Crippen LogP contribution in [0.15, 0.2) is 29.4 Å². The fourth-order valence-electron chi connectivity index (χ4n) is 1.38. The Morgan fingerprint density at radius 3 is 2.60 bits per heavy atom. The van der Waals surface area contributed by atoms with Crippen molar-refractivity contribution >= 4 is 15.9 Å². The van der Waals surface area contributed by atoms with Gasteiger partial charge in [-0.15, -0.1) is 0 Å². The maximum Gasteiger partial charge on any atom is 0.242 e. The second-order valence-corrected chi connectivity index (χ2v) is 6.70. The maximum atomic E-state index is 11.9. The fraction of sp³-hybridized carbons (Fsp3) is 0.538. The molecule has 1 rings (SSSR count). The first-order valence-electron chi connectivity index (χ1n) is 6.52.